The number of nitrogens with zero attached hydrogens (tertiary/aromatic N) is 2. The second-order valence-electron chi connectivity index (χ2n) is 8.93. The first-order chi connectivity index (χ1) is 12.2. The number of amides is 1. The Morgan fingerprint density at radius 1 is 1.12 bits per heavy atom. The first-order valence-electron chi connectivity index (χ1n) is 9.85. The minimum Gasteiger partial charge on any atom is -0.381 e. The molecule has 5 fully saturated rings. The number of piperidine rings is 1. The lowest BCUT2D eigenvalue weighted by atomic mass is 9.41. The van der Waals surface area contributed by atoms with Crippen molar-refractivity contribution in [1.82, 2.24) is 4.90 Å². The van der Waals surface area contributed by atoms with E-state index in [0.29, 0.717) is 12.1 Å². The number of hydrogen-bond acceptors (Lipinski definition) is 3. The highest BCUT2D eigenvalue weighted by Crippen LogP contribution is 2.74. The van der Waals surface area contributed by atoms with Gasteiger partial charge in [0.25, 0.3) is 0 Å². The lowest BCUT2D eigenvalue weighted by Crippen LogP contribution is -2.77. The number of carbonyl (C=O) groups excluding carboxylic acids is 1. The van der Waals surface area contributed by atoms with Gasteiger partial charge in [0, 0.05) is 36.2 Å². The molecule has 7 rings (SSSR count). The molecule has 3 unspecified atom stereocenters. The molecule has 3 saturated carbocycles. The number of carbonyl (C=O) groups is 1. The van der Waals surface area contributed by atoms with E-state index >= 15 is 0 Å². The van der Waals surface area contributed by atoms with Crippen molar-refractivity contribution in [3.05, 3.63) is 29.8 Å². The topological polar surface area (TPSA) is 32.8 Å². The number of para-hydroxylation sites is 1. The lowest BCUT2D eigenvalue weighted by Gasteiger charge is -2.69. The maximum atomic E-state index is 12.2. The van der Waals surface area contributed by atoms with Crippen molar-refractivity contribution in [2.45, 2.75) is 61.6 Å². The number of anilines is 1. The number of hydrogen-bond donors (Lipinski definition) is 0. The zero-order chi connectivity index (χ0) is 16.9. The van der Waals surface area contributed by atoms with Crippen LogP contribution >= 0.6 is 0 Å². The Bertz CT molecular complexity index is 754. The minimum atomic E-state index is -0.00473. The first-order valence-corrected chi connectivity index (χ1v) is 9.85. The molecule has 3 atom stereocenters. The molecule has 3 aliphatic carbocycles. The van der Waals surface area contributed by atoms with Crippen LogP contribution in [-0.4, -0.2) is 49.2 Å². The maximum Gasteiger partial charge on any atom is 0.214 e. The standard InChI is InChI=1S/C21H26N2O2/c1-25-17-6-12-22-13-11-21-15-4-2-3-5-16(15)23(14-24)20(21)9-7-19(17,8-10-20)18(21)22/h2-5,14,17-18H,6-13H2,1H3. The van der Waals surface area contributed by atoms with Gasteiger partial charge in [-0.2, -0.15) is 0 Å². The summed E-state index contributed by atoms with van der Waals surface area (Å²) in [4.78, 5) is 17.1. The molecule has 6 aliphatic rings. The van der Waals surface area contributed by atoms with Crippen molar-refractivity contribution in [2.24, 2.45) is 5.41 Å². The zero-order valence-electron chi connectivity index (χ0n) is 14.9. The van der Waals surface area contributed by atoms with E-state index in [1.165, 1.54) is 37.1 Å². The first kappa shape index (κ1) is 14.7. The third-order valence-corrected chi connectivity index (χ3v) is 8.82. The summed E-state index contributed by atoms with van der Waals surface area (Å²) in [5.41, 5.74) is 3.00. The van der Waals surface area contributed by atoms with E-state index in [1.54, 1.807) is 0 Å². The van der Waals surface area contributed by atoms with E-state index < -0.39 is 0 Å². The molecule has 132 valence electrons. The van der Waals surface area contributed by atoms with E-state index in [0.717, 1.165) is 32.2 Å². The number of methoxy groups -OCH3 is 1. The van der Waals surface area contributed by atoms with Crippen LogP contribution in [0.4, 0.5) is 5.69 Å². The molecule has 4 nitrogen and oxygen atoms in total. The fourth-order valence-corrected chi connectivity index (χ4v) is 8.19. The summed E-state index contributed by atoms with van der Waals surface area (Å²) in [5.74, 6) is 0. The second kappa shape index (κ2) is 4.47. The molecule has 4 heteroatoms. The van der Waals surface area contributed by atoms with E-state index in [4.69, 9.17) is 4.74 Å². The predicted octanol–water partition coefficient (Wildman–Crippen LogP) is 2.71. The Kier molecular flexibility index (Phi) is 2.64. The van der Waals surface area contributed by atoms with Gasteiger partial charge in [0.15, 0.2) is 0 Å². The maximum absolute atomic E-state index is 12.2. The van der Waals surface area contributed by atoms with Gasteiger partial charge in [-0.25, -0.2) is 0 Å². The van der Waals surface area contributed by atoms with Gasteiger partial charge in [-0.05, 0) is 56.7 Å². The van der Waals surface area contributed by atoms with Crippen LogP contribution < -0.4 is 4.90 Å². The van der Waals surface area contributed by atoms with Crippen LogP contribution in [0.5, 0.6) is 0 Å². The number of ether oxygens (including phenoxy) is 1. The summed E-state index contributed by atoms with van der Waals surface area (Å²) < 4.78 is 6.08. The summed E-state index contributed by atoms with van der Waals surface area (Å²) in [6.45, 7) is 2.32. The molecule has 1 amide bonds. The van der Waals surface area contributed by atoms with E-state index in [9.17, 15) is 4.79 Å². The third-order valence-electron chi connectivity index (χ3n) is 8.82. The zero-order valence-corrected chi connectivity index (χ0v) is 14.9. The molecular formula is C21H26N2O2. The SMILES string of the molecule is COC1CCN2CCC34c5ccccc5N(C=O)C35CCC1(CC5)C24. The van der Waals surface area contributed by atoms with Crippen LogP contribution in [0.3, 0.4) is 0 Å². The number of rotatable bonds is 2. The van der Waals surface area contributed by atoms with Crippen molar-refractivity contribution in [1.29, 1.82) is 0 Å². The lowest BCUT2D eigenvalue weighted by molar-refractivity contribution is -0.177. The molecule has 0 radical (unpaired) electrons. The summed E-state index contributed by atoms with van der Waals surface area (Å²) in [6, 6.07) is 9.28. The van der Waals surface area contributed by atoms with Crippen LogP contribution in [0.25, 0.3) is 0 Å². The number of benzene rings is 1. The van der Waals surface area contributed by atoms with Gasteiger partial charge in [-0.15, -0.1) is 0 Å². The van der Waals surface area contributed by atoms with Crippen LogP contribution in [0.1, 0.15) is 44.1 Å². The smallest absolute Gasteiger partial charge is 0.214 e. The van der Waals surface area contributed by atoms with Gasteiger partial charge in [-0.1, -0.05) is 18.2 Å². The highest BCUT2D eigenvalue weighted by atomic mass is 16.5. The molecule has 2 saturated heterocycles. The van der Waals surface area contributed by atoms with Gasteiger partial charge in [0.2, 0.25) is 6.41 Å². The van der Waals surface area contributed by atoms with Crippen molar-refractivity contribution >= 4 is 12.1 Å². The highest BCUT2D eigenvalue weighted by molar-refractivity contribution is 5.86. The van der Waals surface area contributed by atoms with Crippen LogP contribution in [0.2, 0.25) is 0 Å². The Balaban J connectivity index is 1.65. The summed E-state index contributed by atoms with van der Waals surface area (Å²) in [5, 5.41) is 0. The Morgan fingerprint density at radius 3 is 2.68 bits per heavy atom. The summed E-state index contributed by atoms with van der Waals surface area (Å²) >= 11 is 0. The number of fused-ring (bicyclic) bond motifs is 3. The second-order valence-corrected chi connectivity index (χ2v) is 8.93. The van der Waals surface area contributed by atoms with E-state index in [1.807, 2.05) is 7.11 Å². The Hall–Kier alpha value is -1.39. The predicted molar refractivity (Wildman–Crippen MR) is 95.7 cm³/mol. The van der Waals surface area contributed by atoms with E-state index in [2.05, 4.69) is 34.1 Å². The van der Waals surface area contributed by atoms with Crippen molar-refractivity contribution in [3.63, 3.8) is 0 Å². The van der Waals surface area contributed by atoms with Gasteiger partial charge >= 0.3 is 0 Å². The molecule has 3 heterocycles. The Morgan fingerprint density at radius 2 is 1.92 bits per heavy atom. The van der Waals surface area contributed by atoms with E-state index in [-0.39, 0.29) is 16.4 Å². The Labute approximate surface area is 149 Å². The molecule has 2 bridgehead atoms. The van der Waals surface area contributed by atoms with Gasteiger partial charge < -0.3 is 9.64 Å². The quantitative estimate of drug-likeness (QED) is 0.778. The molecular weight excluding hydrogens is 312 g/mol. The molecule has 0 aromatic heterocycles. The van der Waals surface area contributed by atoms with Gasteiger partial charge in [0.1, 0.15) is 0 Å². The van der Waals surface area contributed by atoms with Gasteiger partial charge in [-0.3, -0.25) is 9.69 Å². The summed E-state index contributed by atoms with van der Waals surface area (Å²) in [6.07, 6.45) is 8.52. The average molecular weight is 338 g/mol. The average Bonchev–Trinajstić information content (AvgIpc) is 3.18. The normalized spacial score (nSPS) is 46.7. The van der Waals surface area contributed by atoms with Gasteiger partial charge in [0.05, 0.1) is 11.6 Å². The summed E-state index contributed by atoms with van der Waals surface area (Å²) in [7, 11) is 1.91. The fraction of sp³-hybridized carbons (Fsp3) is 0.667. The molecule has 0 N–H and O–H groups in total. The van der Waals surface area contributed by atoms with Crippen molar-refractivity contribution < 1.29 is 9.53 Å². The monoisotopic (exact) mass is 338 g/mol. The molecule has 1 aromatic rings. The van der Waals surface area contributed by atoms with Crippen molar-refractivity contribution in [2.75, 3.05) is 25.1 Å². The molecule has 1 aromatic carbocycles. The van der Waals surface area contributed by atoms with Crippen LogP contribution in [0.15, 0.2) is 24.3 Å². The molecule has 3 aliphatic heterocycles. The van der Waals surface area contributed by atoms with Crippen molar-refractivity contribution in [3.8, 4) is 0 Å². The molecule has 25 heavy (non-hydrogen) atoms. The molecule has 3 spiro atoms. The minimum absolute atomic E-state index is 0.00473. The fourth-order valence-electron chi connectivity index (χ4n) is 8.19. The largest absolute Gasteiger partial charge is 0.381 e. The van der Waals surface area contributed by atoms with Crippen LogP contribution in [-0.2, 0) is 14.9 Å². The van der Waals surface area contributed by atoms with Crippen LogP contribution in [0, 0.1) is 5.41 Å². The highest BCUT2D eigenvalue weighted by Gasteiger charge is 2.78. The third kappa shape index (κ3) is 1.31.